The number of amidine groups is 1. The van der Waals surface area contributed by atoms with Crippen molar-refractivity contribution in [2.24, 2.45) is 0 Å². The second kappa shape index (κ2) is 8.03. The number of carbonyl (C=O) groups excluding carboxylic acids is 1. The molecule has 0 bridgehead atoms. The highest BCUT2D eigenvalue weighted by molar-refractivity contribution is 6.06. The van der Waals surface area contributed by atoms with Crippen LogP contribution in [0.4, 0.5) is 5.69 Å². The van der Waals surface area contributed by atoms with E-state index in [2.05, 4.69) is 15.3 Å². The van der Waals surface area contributed by atoms with Gasteiger partial charge in [0.25, 0.3) is 5.91 Å². The number of rotatable bonds is 7. The Balaban J connectivity index is 1.34. The number of aromatic nitrogens is 3. The summed E-state index contributed by atoms with van der Waals surface area (Å²) >= 11 is 0. The first-order valence-corrected chi connectivity index (χ1v) is 10.8. The molecule has 8 nitrogen and oxygen atoms in total. The smallest absolute Gasteiger partial charge is 0.274 e. The summed E-state index contributed by atoms with van der Waals surface area (Å²) < 4.78 is 2.00. The van der Waals surface area contributed by atoms with Crippen molar-refractivity contribution in [2.75, 3.05) is 5.32 Å². The molecule has 1 aromatic carbocycles. The number of hydrogen-bond acceptors (Lipinski definition) is 5. The molecule has 2 aromatic heterocycles. The van der Waals surface area contributed by atoms with E-state index in [4.69, 9.17) is 10.8 Å². The fraction of sp³-hybridized carbons (Fsp3) is 0.292. The van der Waals surface area contributed by atoms with Crippen molar-refractivity contribution in [2.45, 2.75) is 44.6 Å². The minimum absolute atomic E-state index is 0.234. The van der Waals surface area contributed by atoms with Gasteiger partial charge in [0.15, 0.2) is 0 Å². The van der Waals surface area contributed by atoms with Crippen LogP contribution in [-0.2, 0) is 0 Å². The highest BCUT2D eigenvalue weighted by Gasteiger charge is 2.30. The van der Waals surface area contributed by atoms with Gasteiger partial charge in [-0.3, -0.25) is 20.6 Å². The molecule has 5 rings (SSSR count). The van der Waals surface area contributed by atoms with Crippen molar-refractivity contribution < 1.29 is 4.79 Å². The number of amides is 1. The summed E-state index contributed by atoms with van der Waals surface area (Å²) in [6, 6.07) is 11.0. The maximum atomic E-state index is 12.9. The third-order valence-electron chi connectivity index (χ3n) is 5.88. The monoisotopic (exact) mass is 427 g/mol. The van der Waals surface area contributed by atoms with Gasteiger partial charge in [-0.25, -0.2) is 4.98 Å². The Morgan fingerprint density at radius 2 is 2.03 bits per heavy atom. The highest BCUT2D eigenvalue weighted by Crippen LogP contribution is 2.39. The van der Waals surface area contributed by atoms with Crippen LogP contribution in [0, 0.1) is 17.7 Å². The van der Waals surface area contributed by atoms with Crippen molar-refractivity contribution in [3.63, 3.8) is 0 Å². The lowest BCUT2D eigenvalue weighted by molar-refractivity contribution is 0.102. The van der Waals surface area contributed by atoms with E-state index in [1.54, 1.807) is 35.4 Å². The first-order valence-electron chi connectivity index (χ1n) is 10.8. The third kappa shape index (κ3) is 4.03. The van der Waals surface area contributed by atoms with E-state index in [0.29, 0.717) is 22.9 Å². The predicted octanol–water partition coefficient (Wildman–Crippen LogP) is 4.10. The van der Waals surface area contributed by atoms with E-state index >= 15 is 0 Å². The molecule has 2 aliphatic rings. The molecule has 0 unspecified atom stereocenters. The largest absolute Gasteiger partial charge is 0.321 e. The average Bonchev–Trinajstić information content (AvgIpc) is 3.73. The van der Waals surface area contributed by atoms with Crippen molar-refractivity contribution in [1.82, 2.24) is 19.4 Å². The summed E-state index contributed by atoms with van der Waals surface area (Å²) in [5, 5.41) is 18.9. The van der Waals surface area contributed by atoms with Gasteiger partial charge in [-0.2, -0.15) is 0 Å². The fourth-order valence-electron chi connectivity index (χ4n) is 3.82. The minimum atomic E-state index is -0.318. The van der Waals surface area contributed by atoms with E-state index < -0.39 is 0 Å². The number of hydrogen-bond donors (Lipinski definition) is 3. The number of aryl methyl sites for hydroxylation is 1. The van der Waals surface area contributed by atoms with E-state index in [9.17, 15) is 4.79 Å². The molecule has 2 heterocycles. The number of nitrogens with one attached hydrogen (secondary N) is 3. The second-order valence-corrected chi connectivity index (χ2v) is 8.41. The molecule has 0 saturated heterocycles. The van der Waals surface area contributed by atoms with E-state index in [-0.39, 0.29) is 17.8 Å². The predicted molar refractivity (Wildman–Crippen MR) is 123 cm³/mol. The SMILES string of the molecule is Cc1nc(C2CC2)cn1-c1ccnc(C(=O)Nc2cccc(C(=N)N(C=N)C3CC3)c2)c1. The molecule has 2 fully saturated rings. The molecular formula is C24H25N7O. The van der Waals surface area contributed by atoms with Crippen LogP contribution in [0.5, 0.6) is 0 Å². The first-order chi connectivity index (χ1) is 15.5. The average molecular weight is 428 g/mol. The lowest BCUT2D eigenvalue weighted by Gasteiger charge is -2.19. The van der Waals surface area contributed by atoms with Crippen molar-refractivity contribution in [1.29, 1.82) is 10.8 Å². The van der Waals surface area contributed by atoms with Crippen LogP contribution in [-0.4, -0.2) is 43.6 Å². The standard InChI is InChI=1S/C24H25N7O/c1-15-28-22(16-5-6-16)13-30(15)20-9-10-27-21(12-20)24(32)29-18-4-2-3-17(11-18)23(26)31(14-25)19-7-8-19/h2-4,9-14,16,19,25-26H,5-8H2,1H3,(H,29,32). The second-order valence-electron chi connectivity index (χ2n) is 8.41. The Labute approximate surface area is 186 Å². The van der Waals surface area contributed by atoms with Crippen LogP contribution in [0.2, 0.25) is 0 Å². The fourth-order valence-corrected chi connectivity index (χ4v) is 3.82. The van der Waals surface area contributed by atoms with Gasteiger partial charge in [-0.1, -0.05) is 12.1 Å². The van der Waals surface area contributed by atoms with Crippen molar-refractivity contribution in [3.8, 4) is 5.69 Å². The summed E-state index contributed by atoms with van der Waals surface area (Å²) in [6.07, 6.45) is 9.25. The molecule has 2 aliphatic carbocycles. The lowest BCUT2D eigenvalue weighted by atomic mass is 10.1. The van der Waals surface area contributed by atoms with Gasteiger partial charge in [0, 0.05) is 35.6 Å². The first kappa shape index (κ1) is 20.1. The summed E-state index contributed by atoms with van der Waals surface area (Å²) in [5.41, 5.74) is 3.50. The Bertz CT molecular complexity index is 1210. The van der Waals surface area contributed by atoms with Crippen LogP contribution in [0.25, 0.3) is 5.69 Å². The van der Waals surface area contributed by atoms with Gasteiger partial charge >= 0.3 is 0 Å². The molecule has 0 spiro atoms. The molecule has 0 radical (unpaired) electrons. The zero-order valence-electron chi connectivity index (χ0n) is 17.9. The molecule has 2 saturated carbocycles. The van der Waals surface area contributed by atoms with Gasteiger partial charge in [-0.05, 0) is 56.9 Å². The Kier molecular flexibility index (Phi) is 5.05. The molecule has 3 aromatic rings. The van der Waals surface area contributed by atoms with Crippen molar-refractivity contribution in [3.05, 3.63) is 71.6 Å². The summed E-state index contributed by atoms with van der Waals surface area (Å²) in [5.74, 6) is 1.40. The van der Waals surface area contributed by atoms with Crippen LogP contribution in [0.15, 0.2) is 48.8 Å². The normalized spacial score (nSPS) is 15.3. The van der Waals surface area contributed by atoms with Crippen molar-refractivity contribution >= 4 is 23.8 Å². The third-order valence-corrected chi connectivity index (χ3v) is 5.88. The molecule has 32 heavy (non-hydrogen) atoms. The molecule has 1 amide bonds. The quantitative estimate of drug-likeness (QED) is 0.389. The number of anilines is 1. The summed E-state index contributed by atoms with van der Waals surface area (Å²) in [7, 11) is 0. The topological polar surface area (TPSA) is 111 Å². The number of benzene rings is 1. The lowest BCUT2D eigenvalue weighted by Crippen LogP contribution is -2.31. The van der Waals surface area contributed by atoms with Crippen LogP contribution in [0.1, 0.15) is 59.2 Å². The molecule has 3 N–H and O–H groups in total. The van der Waals surface area contributed by atoms with Gasteiger partial charge in [0.05, 0.1) is 17.7 Å². The van der Waals surface area contributed by atoms with Gasteiger partial charge in [0.2, 0.25) is 0 Å². The van der Waals surface area contributed by atoms with E-state index in [1.165, 1.54) is 19.2 Å². The number of nitrogens with zero attached hydrogens (tertiary/aromatic N) is 4. The Hall–Kier alpha value is -3.81. The summed E-state index contributed by atoms with van der Waals surface area (Å²) in [6.45, 7) is 1.96. The maximum Gasteiger partial charge on any atom is 0.274 e. The van der Waals surface area contributed by atoms with E-state index in [0.717, 1.165) is 30.0 Å². The highest BCUT2D eigenvalue weighted by atomic mass is 16.1. The number of carbonyl (C=O) groups is 1. The van der Waals surface area contributed by atoms with Crippen LogP contribution >= 0.6 is 0 Å². The van der Waals surface area contributed by atoms with E-state index in [1.807, 2.05) is 29.8 Å². The van der Waals surface area contributed by atoms with Crippen LogP contribution in [0.3, 0.4) is 0 Å². The van der Waals surface area contributed by atoms with Gasteiger partial charge in [-0.15, -0.1) is 0 Å². The maximum absolute atomic E-state index is 12.9. The molecule has 162 valence electrons. The molecule has 0 atom stereocenters. The Morgan fingerprint density at radius 1 is 1.22 bits per heavy atom. The number of imidazole rings is 1. The summed E-state index contributed by atoms with van der Waals surface area (Å²) in [4.78, 5) is 23.5. The zero-order chi connectivity index (χ0) is 22.2. The number of pyridine rings is 1. The van der Waals surface area contributed by atoms with Gasteiger partial charge < -0.3 is 14.8 Å². The molecule has 8 heteroatoms. The van der Waals surface area contributed by atoms with Gasteiger partial charge in [0.1, 0.15) is 17.4 Å². The molecular weight excluding hydrogens is 402 g/mol. The molecule has 0 aliphatic heterocycles. The Morgan fingerprint density at radius 3 is 2.75 bits per heavy atom. The zero-order valence-corrected chi connectivity index (χ0v) is 17.9. The van der Waals surface area contributed by atoms with Crippen LogP contribution < -0.4 is 5.32 Å². The minimum Gasteiger partial charge on any atom is -0.321 e.